The SMILES string of the molecule is c1cc(CN2C[C@@H]3CCCN[C@@H]3C2)co1. The highest BCUT2D eigenvalue weighted by molar-refractivity contribution is 5.06. The molecule has 15 heavy (non-hydrogen) atoms. The van der Waals surface area contributed by atoms with E-state index in [9.17, 15) is 0 Å². The zero-order valence-electron chi connectivity index (χ0n) is 8.98. The second-order valence-corrected chi connectivity index (χ2v) is 4.79. The maximum Gasteiger partial charge on any atom is 0.0947 e. The summed E-state index contributed by atoms with van der Waals surface area (Å²) in [6.45, 7) is 4.71. The van der Waals surface area contributed by atoms with Crippen LogP contribution in [-0.4, -0.2) is 30.6 Å². The Bertz CT molecular complexity index is 295. The molecule has 3 heteroatoms. The molecule has 2 aliphatic heterocycles. The van der Waals surface area contributed by atoms with Crippen LogP contribution in [-0.2, 0) is 6.54 Å². The van der Waals surface area contributed by atoms with Crippen molar-refractivity contribution in [2.45, 2.75) is 25.4 Å². The van der Waals surface area contributed by atoms with Crippen molar-refractivity contribution in [1.82, 2.24) is 10.2 Å². The highest BCUT2D eigenvalue weighted by Gasteiger charge is 2.33. The van der Waals surface area contributed by atoms with Crippen molar-refractivity contribution in [2.75, 3.05) is 19.6 Å². The van der Waals surface area contributed by atoms with Crippen LogP contribution in [0.4, 0.5) is 0 Å². The maximum absolute atomic E-state index is 5.10. The van der Waals surface area contributed by atoms with Gasteiger partial charge in [0.05, 0.1) is 12.5 Å². The van der Waals surface area contributed by atoms with Gasteiger partial charge in [-0.25, -0.2) is 0 Å². The summed E-state index contributed by atoms with van der Waals surface area (Å²) < 4.78 is 5.10. The number of fused-ring (bicyclic) bond motifs is 1. The minimum atomic E-state index is 0.741. The van der Waals surface area contributed by atoms with E-state index in [1.165, 1.54) is 38.0 Å². The van der Waals surface area contributed by atoms with E-state index in [2.05, 4.69) is 16.3 Å². The lowest BCUT2D eigenvalue weighted by molar-refractivity contribution is 0.311. The van der Waals surface area contributed by atoms with Crippen LogP contribution in [0.3, 0.4) is 0 Å². The van der Waals surface area contributed by atoms with E-state index in [1.54, 1.807) is 6.26 Å². The molecular formula is C12H18N2O. The molecule has 82 valence electrons. The molecule has 0 spiro atoms. The number of hydrogen-bond acceptors (Lipinski definition) is 3. The van der Waals surface area contributed by atoms with Crippen molar-refractivity contribution in [3.63, 3.8) is 0 Å². The van der Waals surface area contributed by atoms with Crippen molar-refractivity contribution in [3.8, 4) is 0 Å². The van der Waals surface area contributed by atoms with E-state index >= 15 is 0 Å². The van der Waals surface area contributed by atoms with Gasteiger partial charge in [0.2, 0.25) is 0 Å². The van der Waals surface area contributed by atoms with Gasteiger partial charge in [-0.05, 0) is 31.4 Å². The lowest BCUT2D eigenvalue weighted by Gasteiger charge is -2.24. The molecule has 0 aliphatic carbocycles. The van der Waals surface area contributed by atoms with E-state index in [0.717, 1.165) is 18.5 Å². The molecule has 1 aromatic heterocycles. The normalized spacial score (nSPS) is 31.7. The lowest BCUT2D eigenvalue weighted by Crippen LogP contribution is -2.40. The number of furan rings is 1. The van der Waals surface area contributed by atoms with E-state index in [-0.39, 0.29) is 0 Å². The molecule has 0 radical (unpaired) electrons. The Morgan fingerprint density at radius 3 is 3.27 bits per heavy atom. The first kappa shape index (κ1) is 9.43. The molecule has 0 amide bonds. The number of likely N-dealkylation sites (tertiary alicyclic amines) is 1. The second-order valence-electron chi connectivity index (χ2n) is 4.79. The molecular weight excluding hydrogens is 188 g/mol. The predicted octanol–water partition coefficient (Wildman–Crippen LogP) is 1.46. The van der Waals surface area contributed by atoms with Crippen LogP contribution in [0.1, 0.15) is 18.4 Å². The average molecular weight is 206 g/mol. The fourth-order valence-corrected chi connectivity index (χ4v) is 2.91. The quantitative estimate of drug-likeness (QED) is 0.794. The number of nitrogens with one attached hydrogen (secondary N) is 1. The van der Waals surface area contributed by atoms with Crippen molar-refractivity contribution in [2.24, 2.45) is 5.92 Å². The molecule has 0 bridgehead atoms. The standard InChI is InChI=1S/C12H18N2O/c1-2-11-7-14(8-12(11)13-4-1)6-10-3-5-15-9-10/h3,5,9,11-13H,1-2,4,6-8H2/t11-,12+/m0/s1. The summed E-state index contributed by atoms with van der Waals surface area (Å²) in [5, 5.41) is 3.63. The van der Waals surface area contributed by atoms with Crippen molar-refractivity contribution >= 4 is 0 Å². The third kappa shape index (κ3) is 1.94. The van der Waals surface area contributed by atoms with Gasteiger partial charge in [0.1, 0.15) is 0 Å². The zero-order valence-corrected chi connectivity index (χ0v) is 8.98. The lowest BCUT2D eigenvalue weighted by atomic mass is 9.94. The minimum Gasteiger partial charge on any atom is -0.472 e. The van der Waals surface area contributed by atoms with Crippen LogP contribution in [0.15, 0.2) is 23.0 Å². The fourth-order valence-electron chi connectivity index (χ4n) is 2.91. The fraction of sp³-hybridized carbons (Fsp3) is 0.667. The summed E-state index contributed by atoms with van der Waals surface area (Å²) in [5.41, 5.74) is 1.30. The topological polar surface area (TPSA) is 28.4 Å². The number of piperidine rings is 1. The van der Waals surface area contributed by atoms with Crippen LogP contribution in [0.25, 0.3) is 0 Å². The van der Waals surface area contributed by atoms with Crippen LogP contribution in [0.5, 0.6) is 0 Å². The number of nitrogens with zero attached hydrogens (tertiary/aromatic N) is 1. The summed E-state index contributed by atoms with van der Waals surface area (Å²) in [6.07, 6.45) is 6.37. The Balaban J connectivity index is 1.60. The van der Waals surface area contributed by atoms with Crippen LogP contribution < -0.4 is 5.32 Å². The van der Waals surface area contributed by atoms with Gasteiger partial charge in [0.15, 0.2) is 0 Å². The van der Waals surface area contributed by atoms with E-state index in [4.69, 9.17) is 4.42 Å². The Morgan fingerprint density at radius 1 is 1.47 bits per heavy atom. The third-order valence-corrected chi connectivity index (χ3v) is 3.66. The highest BCUT2D eigenvalue weighted by Crippen LogP contribution is 2.25. The molecule has 1 aromatic rings. The smallest absolute Gasteiger partial charge is 0.0947 e. The third-order valence-electron chi connectivity index (χ3n) is 3.66. The summed E-state index contributed by atoms with van der Waals surface area (Å²) in [6, 6.07) is 2.81. The summed E-state index contributed by atoms with van der Waals surface area (Å²) in [5.74, 6) is 0.880. The minimum absolute atomic E-state index is 0.741. The molecule has 0 unspecified atom stereocenters. The number of hydrogen-bond donors (Lipinski definition) is 1. The molecule has 0 saturated carbocycles. The Labute approximate surface area is 90.4 Å². The molecule has 2 saturated heterocycles. The molecule has 2 fully saturated rings. The van der Waals surface area contributed by atoms with Crippen molar-refractivity contribution < 1.29 is 4.42 Å². The van der Waals surface area contributed by atoms with Gasteiger partial charge in [0.25, 0.3) is 0 Å². The van der Waals surface area contributed by atoms with Gasteiger partial charge >= 0.3 is 0 Å². The molecule has 3 rings (SSSR count). The summed E-state index contributed by atoms with van der Waals surface area (Å²) in [7, 11) is 0. The van der Waals surface area contributed by atoms with Gasteiger partial charge in [-0.2, -0.15) is 0 Å². The monoisotopic (exact) mass is 206 g/mol. The van der Waals surface area contributed by atoms with Crippen molar-refractivity contribution in [3.05, 3.63) is 24.2 Å². The summed E-state index contributed by atoms with van der Waals surface area (Å²) in [4.78, 5) is 2.54. The van der Waals surface area contributed by atoms with Crippen LogP contribution in [0, 0.1) is 5.92 Å². The number of rotatable bonds is 2. The summed E-state index contributed by atoms with van der Waals surface area (Å²) >= 11 is 0. The molecule has 2 atom stereocenters. The van der Waals surface area contributed by atoms with E-state index in [0.29, 0.717) is 0 Å². The first-order valence-corrected chi connectivity index (χ1v) is 5.88. The molecule has 3 heterocycles. The van der Waals surface area contributed by atoms with Gasteiger partial charge in [-0.1, -0.05) is 0 Å². The molecule has 3 nitrogen and oxygen atoms in total. The maximum atomic E-state index is 5.10. The molecule has 1 N–H and O–H groups in total. The van der Waals surface area contributed by atoms with Gasteiger partial charge in [-0.3, -0.25) is 4.90 Å². The Hall–Kier alpha value is -0.800. The first-order chi connectivity index (χ1) is 7.42. The van der Waals surface area contributed by atoms with Gasteiger partial charge < -0.3 is 9.73 Å². The largest absolute Gasteiger partial charge is 0.472 e. The molecule has 0 aromatic carbocycles. The van der Waals surface area contributed by atoms with Crippen molar-refractivity contribution in [1.29, 1.82) is 0 Å². The van der Waals surface area contributed by atoms with E-state index < -0.39 is 0 Å². The Kier molecular flexibility index (Phi) is 2.51. The second kappa shape index (κ2) is 3.99. The first-order valence-electron chi connectivity index (χ1n) is 5.88. The highest BCUT2D eigenvalue weighted by atomic mass is 16.3. The Morgan fingerprint density at radius 2 is 2.47 bits per heavy atom. The van der Waals surface area contributed by atoms with Gasteiger partial charge in [-0.15, -0.1) is 0 Å². The predicted molar refractivity (Wildman–Crippen MR) is 58.5 cm³/mol. The van der Waals surface area contributed by atoms with E-state index in [1.807, 2.05) is 6.26 Å². The zero-order chi connectivity index (χ0) is 10.1. The van der Waals surface area contributed by atoms with Crippen LogP contribution in [0.2, 0.25) is 0 Å². The van der Waals surface area contributed by atoms with Gasteiger partial charge in [0, 0.05) is 31.2 Å². The van der Waals surface area contributed by atoms with Crippen LogP contribution >= 0.6 is 0 Å². The average Bonchev–Trinajstić information content (AvgIpc) is 2.86. The molecule has 2 aliphatic rings.